The summed E-state index contributed by atoms with van der Waals surface area (Å²) < 4.78 is 5.40. The largest absolute Gasteiger partial charge is 0.478 e. The van der Waals surface area contributed by atoms with E-state index in [0.717, 1.165) is 0 Å². The zero-order valence-electron chi connectivity index (χ0n) is 15.0. The predicted molar refractivity (Wildman–Crippen MR) is 100 cm³/mol. The predicted octanol–water partition coefficient (Wildman–Crippen LogP) is 4.09. The zero-order valence-corrected chi connectivity index (χ0v) is 15.0. The molecule has 0 fully saturated rings. The first kappa shape index (κ1) is 18.3. The van der Waals surface area contributed by atoms with Crippen LogP contribution in [0.5, 0.6) is 0 Å². The van der Waals surface area contributed by atoms with Crippen LogP contribution in [-0.2, 0) is 4.79 Å². The number of amides is 1. The van der Waals surface area contributed by atoms with E-state index in [9.17, 15) is 14.7 Å². The SMILES string of the molecule is CC(C)CC(=O)Nc1onc(-c2ccncc2)c1-c1ccccc1C(=O)O. The van der Waals surface area contributed by atoms with Crippen molar-refractivity contribution in [3.63, 3.8) is 0 Å². The maximum Gasteiger partial charge on any atom is 0.336 e. The first-order valence-electron chi connectivity index (χ1n) is 8.50. The number of nitrogens with one attached hydrogen (secondary N) is 1. The number of aromatic carboxylic acids is 1. The van der Waals surface area contributed by atoms with E-state index in [4.69, 9.17) is 4.52 Å². The van der Waals surface area contributed by atoms with Crippen LogP contribution in [0.2, 0.25) is 0 Å². The molecule has 2 heterocycles. The van der Waals surface area contributed by atoms with Gasteiger partial charge in [-0.25, -0.2) is 4.79 Å². The van der Waals surface area contributed by atoms with Crippen molar-refractivity contribution in [3.05, 3.63) is 54.4 Å². The van der Waals surface area contributed by atoms with E-state index < -0.39 is 5.97 Å². The summed E-state index contributed by atoms with van der Waals surface area (Å²) in [7, 11) is 0. The lowest BCUT2D eigenvalue weighted by atomic mass is 9.97. The highest BCUT2D eigenvalue weighted by Crippen LogP contribution is 2.39. The number of aromatic nitrogens is 2. The molecule has 0 unspecified atom stereocenters. The number of rotatable bonds is 6. The van der Waals surface area contributed by atoms with Crippen molar-refractivity contribution in [1.82, 2.24) is 10.1 Å². The summed E-state index contributed by atoms with van der Waals surface area (Å²) in [5, 5.41) is 16.4. The average Bonchev–Trinajstić information content (AvgIpc) is 3.05. The van der Waals surface area contributed by atoms with Gasteiger partial charge in [0, 0.05) is 29.9 Å². The Bertz CT molecular complexity index is 964. The number of pyridine rings is 1. The minimum Gasteiger partial charge on any atom is -0.478 e. The molecular formula is C20H19N3O4. The van der Waals surface area contributed by atoms with E-state index >= 15 is 0 Å². The van der Waals surface area contributed by atoms with Crippen LogP contribution in [0, 0.1) is 5.92 Å². The summed E-state index contributed by atoms with van der Waals surface area (Å²) in [6, 6.07) is 10.0. The molecule has 3 rings (SSSR count). The Balaban J connectivity index is 2.16. The molecule has 2 N–H and O–H groups in total. The van der Waals surface area contributed by atoms with Crippen LogP contribution in [0.25, 0.3) is 22.4 Å². The van der Waals surface area contributed by atoms with Gasteiger partial charge in [-0.15, -0.1) is 0 Å². The number of hydrogen-bond donors (Lipinski definition) is 2. The van der Waals surface area contributed by atoms with Crippen LogP contribution in [0.15, 0.2) is 53.3 Å². The highest BCUT2D eigenvalue weighted by atomic mass is 16.5. The van der Waals surface area contributed by atoms with Gasteiger partial charge >= 0.3 is 5.97 Å². The minimum absolute atomic E-state index is 0.0929. The number of carbonyl (C=O) groups excluding carboxylic acids is 1. The van der Waals surface area contributed by atoms with Crippen molar-refractivity contribution in [2.45, 2.75) is 20.3 Å². The van der Waals surface area contributed by atoms with Gasteiger partial charge in [0.05, 0.1) is 11.1 Å². The Labute approximate surface area is 156 Å². The molecule has 0 aliphatic carbocycles. The number of hydrogen-bond acceptors (Lipinski definition) is 5. The monoisotopic (exact) mass is 365 g/mol. The maximum absolute atomic E-state index is 12.2. The highest BCUT2D eigenvalue weighted by Gasteiger charge is 2.24. The number of anilines is 1. The molecule has 138 valence electrons. The van der Waals surface area contributed by atoms with E-state index in [1.807, 2.05) is 13.8 Å². The fourth-order valence-electron chi connectivity index (χ4n) is 2.77. The van der Waals surface area contributed by atoms with Gasteiger partial charge in [0.15, 0.2) is 0 Å². The zero-order chi connectivity index (χ0) is 19.4. The Kier molecular flexibility index (Phi) is 5.30. The molecule has 1 amide bonds. The summed E-state index contributed by atoms with van der Waals surface area (Å²) >= 11 is 0. The fourth-order valence-corrected chi connectivity index (χ4v) is 2.77. The van der Waals surface area contributed by atoms with Crippen molar-refractivity contribution >= 4 is 17.8 Å². The van der Waals surface area contributed by atoms with Crippen LogP contribution in [0.4, 0.5) is 5.88 Å². The lowest BCUT2D eigenvalue weighted by molar-refractivity contribution is -0.117. The fraction of sp³-hybridized carbons (Fsp3) is 0.200. The Morgan fingerprint density at radius 1 is 1.15 bits per heavy atom. The molecule has 0 radical (unpaired) electrons. The summed E-state index contributed by atoms with van der Waals surface area (Å²) in [6.45, 7) is 3.87. The molecule has 0 aliphatic heterocycles. The van der Waals surface area contributed by atoms with Gasteiger partial charge in [0.2, 0.25) is 11.8 Å². The molecule has 3 aromatic rings. The summed E-state index contributed by atoms with van der Waals surface area (Å²) in [4.78, 5) is 27.9. The lowest BCUT2D eigenvalue weighted by Gasteiger charge is -2.09. The second kappa shape index (κ2) is 7.82. The molecule has 0 bridgehead atoms. The Hall–Kier alpha value is -3.48. The van der Waals surface area contributed by atoms with Gasteiger partial charge in [0.25, 0.3) is 0 Å². The topological polar surface area (TPSA) is 105 Å². The normalized spacial score (nSPS) is 10.8. The van der Waals surface area contributed by atoms with Gasteiger partial charge in [-0.1, -0.05) is 37.2 Å². The molecule has 0 spiro atoms. The highest BCUT2D eigenvalue weighted by molar-refractivity contribution is 6.03. The second-order valence-electron chi connectivity index (χ2n) is 6.47. The van der Waals surface area contributed by atoms with Gasteiger partial charge in [0.1, 0.15) is 5.69 Å². The number of benzene rings is 1. The van der Waals surface area contributed by atoms with Crippen molar-refractivity contribution in [2.24, 2.45) is 5.92 Å². The van der Waals surface area contributed by atoms with Crippen LogP contribution in [0.3, 0.4) is 0 Å². The summed E-state index contributed by atoms with van der Waals surface area (Å²) in [6.07, 6.45) is 3.52. The maximum atomic E-state index is 12.2. The van der Waals surface area contributed by atoms with Crippen molar-refractivity contribution in [3.8, 4) is 22.4 Å². The second-order valence-corrected chi connectivity index (χ2v) is 6.47. The Morgan fingerprint density at radius 2 is 1.85 bits per heavy atom. The summed E-state index contributed by atoms with van der Waals surface area (Å²) in [5.74, 6) is -1.01. The van der Waals surface area contributed by atoms with E-state index in [1.165, 1.54) is 6.07 Å². The van der Waals surface area contributed by atoms with E-state index in [2.05, 4.69) is 15.5 Å². The molecule has 27 heavy (non-hydrogen) atoms. The Morgan fingerprint density at radius 3 is 2.52 bits per heavy atom. The van der Waals surface area contributed by atoms with Gasteiger partial charge < -0.3 is 9.63 Å². The number of carboxylic acid groups (broad SMARTS) is 1. The van der Waals surface area contributed by atoms with Crippen LogP contribution >= 0.6 is 0 Å². The molecule has 7 nitrogen and oxygen atoms in total. The first-order chi connectivity index (χ1) is 13.0. The average molecular weight is 365 g/mol. The third kappa shape index (κ3) is 4.03. The molecule has 0 atom stereocenters. The standard InChI is InChI=1S/C20H19N3O4/c1-12(2)11-16(24)22-19-17(14-5-3-4-6-15(14)20(25)26)18(23-27-19)13-7-9-21-10-8-13/h3-10,12H,11H2,1-2H3,(H,22,24)(H,25,26). The first-order valence-corrected chi connectivity index (χ1v) is 8.50. The number of carboxylic acids is 1. The molecule has 1 aromatic carbocycles. The molecule has 7 heteroatoms. The van der Waals surface area contributed by atoms with Crippen LogP contribution < -0.4 is 5.32 Å². The van der Waals surface area contributed by atoms with Gasteiger partial charge in [-0.3, -0.25) is 15.1 Å². The van der Waals surface area contributed by atoms with Crippen molar-refractivity contribution in [2.75, 3.05) is 5.32 Å². The van der Waals surface area contributed by atoms with E-state index in [1.54, 1.807) is 42.7 Å². The van der Waals surface area contributed by atoms with Crippen LogP contribution in [-0.4, -0.2) is 27.1 Å². The lowest BCUT2D eigenvalue weighted by Crippen LogP contribution is -2.14. The molecular weight excluding hydrogens is 346 g/mol. The minimum atomic E-state index is -1.08. The van der Waals surface area contributed by atoms with Gasteiger partial charge in [-0.05, 0) is 24.1 Å². The smallest absolute Gasteiger partial charge is 0.336 e. The molecule has 2 aromatic heterocycles. The van der Waals surface area contributed by atoms with E-state index in [-0.39, 0.29) is 23.3 Å². The third-order valence-corrected chi connectivity index (χ3v) is 3.92. The molecule has 0 saturated carbocycles. The van der Waals surface area contributed by atoms with Crippen molar-refractivity contribution in [1.29, 1.82) is 0 Å². The molecule has 0 saturated heterocycles. The van der Waals surface area contributed by atoms with Crippen LogP contribution in [0.1, 0.15) is 30.6 Å². The van der Waals surface area contributed by atoms with Crippen molar-refractivity contribution < 1.29 is 19.2 Å². The third-order valence-electron chi connectivity index (χ3n) is 3.92. The molecule has 0 aliphatic rings. The van der Waals surface area contributed by atoms with E-state index in [0.29, 0.717) is 28.8 Å². The number of nitrogens with zero attached hydrogens (tertiary/aromatic N) is 2. The quantitative estimate of drug-likeness (QED) is 0.682. The summed E-state index contributed by atoms with van der Waals surface area (Å²) in [5.41, 5.74) is 2.07. The number of carbonyl (C=O) groups is 2. The van der Waals surface area contributed by atoms with Gasteiger partial charge in [-0.2, -0.15) is 0 Å².